The number of ether oxygens (including phenoxy) is 7. The minimum absolute atomic E-state index is 0.133. The highest BCUT2D eigenvalue weighted by Gasteiger charge is 2.55. The lowest BCUT2D eigenvalue weighted by atomic mass is 9.77. The number of hydrogen-bond acceptors (Lipinski definition) is 14. The molecule has 354 valence electrons. The summed E-state index contributed by atoms with van der Waals surface area (Å²) >= 11 is 0. The molecule has 2 aromatic rings. The minimum atomic E-state index is -1.81. The summed E-state index contributed by atoms with van der Waals surface area (Å²) in [5.74, 6) is -2.59. The molecule has 0 saturated carbocycles. The van der Waals surface area contributed by atoms with Gasteiger partial charge < -0.3 is 63.4 Å². The van der Waals surface area contributed by atoms with Crippen LogP contribution in [0.2, 0.25) is 0 Å². The summed E-state index contributed by atoms with van der Waals surface area (Å²) in [7, 11) is 5.34. The molecule has 0 spiro atoms. The van der Waals surface area contributed by atoms with Crippen LogP contribution < -0.4 is 0 Å². The van der Waals surface area contributed by atoms with Gasteiger partial charge in [-0.25, -0.2) is 0 Å². The SMILES string of the molecule is CC[C@H]1OC(=O)[C@H](C)[C@@H](O[C@H]2C[C@@](C)(OC)[C@@H](O)[C@H](C)O2)[C@H](C)[C@@H](O[C@@H]2O[C@H](C)C[C@H]3[C@H]2OC(=Nc2cccc4ccccc24)N3C)[C@](C)(O)C[C@@H](C)CN(C)[C@H](C)[C@@H](O)[C@]1(C)O. The third-order valence-corrected chi connectivity index (χ3v) is 14.5. The maximum atomic E-state index is 14.5. The topological polar surface area (TPSA) is 181 Å². The fourth-order valence-corrected chi connectivity index (χ4v) is 10.6. The lowest BCUT2D eigenvalue weighted by molar-refractivity contribution is -0.313. The largest absolute Gasteiger partial charge is 0.459 e. The number of aliphatic hydroxyl groups excluding tert-OH is 2. The second-order valence-electron chi connectivity index (χ2n) is 19.8. The first-order valence-electron chi connectivity index (χ1n) is 22.9. The molecule has 4 aliphatic heterocycles. The van der Waals surface area contributed by atoms with Gasteiger partial charge in [-0.1, -0.05) is 57.2 Å². The molecule has 0 radical (unpaired) electrons. The summed E-state index contributed by atoms with van der Waals surface area (Å²) in [5, 5.41) is 49.5. The van der Waals surface area contributed by atoms with E-state index in [-0.39, 0.29) is 37.3 Å². The van der Waals surface area contributed by atoms with Crippen LogP contribution in [0.1, 0.15) is 94.9 Å². The Morgan fingerprint density at radius 1 is 0.889 bits per heavy atom. The van der Waals surface area contributed by atoms with E-state index in [1.807, 2.05) is 94.1 Å². The van der Waals surface area contributed by atoms with E-state index >= 15 is 0 Å². The Hall–Kier alpha value is -2.96. The summed E-state index contributed by atoms with van der Waals surface area (Å²) in [6.45, 7) is 18.4. The van der Waals surface area contributed by atoms with Crippen molar-refractivity contribution in [3.8, 4) is 0 Å². The van der Waals surface area contributed by atoms with Crippen LogP contribution in [-0.4, -0.2) is 160 Å². The second kappa shape index (κ2) is 19.5. The number of benzene rings is 2. The quantitative estimate of drug-likeness (QED) is 0.268. The normalized spacial score (nSPS) is 44.4. The van der Waals surface area contributed by atoms with Crippen LogP contribution >= 0.6 is 0 Å². The molecule has 0 aliphatic carbocycles. The van der Waals surface area contributed by atoms with E-state index in [2.05, 4.69) is 0 Å². The first-order chi connectivity index (χ1) is 29.5. The molecule has 15 nitrogen and oxygen atoms in total. The van der Waals surface area contributed by atoms with Gasteiger partial charge in [-0.3, -0.25) is 4.79 Å². The van der Waals surface area contributed by atoms with Crippen molar-refractivity contribution in [2.24, 2.45) is 22.7 Å². The second-order valence-corrected chi connectivity index (χ2v) is 19.8. The molecule has 2 aromatic carbocycles. The fraction of sp³-hybridized carbons (Fsp3) is 0.750. The maximum absolute atomic E-state index is 14.5. The Morgan fingerprint density at radius 3 is 2.25 bits per heavy atom. The van der Waals surface area contributed by atoms with Crippen molar-refractivity contribution in [3.05, 3.63) is 42.5 Å². The summed E-state index contributed by atoms with van der Waals surface area (Å²) in [6.07, 6.45) is -7.62. The predicted octanol–water partition coefficient (Wildman–Crippen LogP) is 5.15. The van der Waals surface area contributed by atoms with E-state index in [1.165, 1.54) is 14.0 Å². The van der Waals surface area contributed by atoms with Gasteiger partial charge in [0.15, 0.2) is 18.7 Å². The molecule has 63 heavy (non-hydrogen) atoms. The number of likely N-dealkylation sites (N-methyl/N-ethyl adjacent to an activating group) is 2. The Morgan fingerprint density at radius 2 is 1.57 bits per heavy atom. The first kappa shape index (κ1) is 49.5. The Labute approximate surface area is 374 Å². The van der Waals surface area contributed by atoms with Crippen molar-refractivity contribution in [2.75, 3.05) is 27.7 Å². The van der Waals surface area contributed by atoms with E-state index in [0.717, 1.165) is 16.5 Å². The predicted molar refractivity (Wildman–Crippen MR) is 238 cm³/mol. The van der Waals surface area contributed by atoms with Crippen molar-refractivity contribution in [3.63, 3.8) is 0 Å². The summed E-state index contributed by atoms with van der Waals surface area (Å²) in [4.78, 5) is 23.5. The third-order valence-electron chi connectivity index (χ3n) is 14.5. The van der Waals surface area contributed by atoms with Crippen LogP contribution in [0.15, 0.2) is 47.5 Å². The smallest absolute Gasteiger partial charge is 0.311 e. The number of fused-ring (bicyclic) bond motifs is 2. The molecule has 0 unspecified atom stereocenters. The molecule has 0 bridgehead atoms. The zero-order valence-corrected chi connectivity index (χ0v) is 39.6. The van der Waals surface area contributed by atoms with Gasteiger partial charge in [0.1, 0.15) is 23.9 Å². The lowest BCUT2D eigenvalue weighted by Crippen LogP contribution is -2.60. The molecule has 4 N–H and O–H groups in total. The molecular weight excluding hydrogens is 811 g/mol. The average Bonchev–Trinajstić information content (AvgIpc) is 3.54. The molecule has 6 rings (SSSR count). The standard InChI is InChI=1S/C48H75N3O12/c1-14-36-48(10,56)40(52)30(6)50(11)25-26(2)23-46(8,55)42(28(4)38(29(5)43(54)60-36)61-37-24-47(9,57-13)41(53)31(7)59-37)63-44-39-35(22-27(3)58-44)51(12)45(62-39)49-34-21-17-19-32-18-15-16-20-33(32)34/h15-21,26-31,35-42,44,52-53,55-56H,14,22-25H2,1-13H3/t26-,27-,28+,29-,30-,31+,35+,36-,37+,38+,39-,40-,41+,42-,44+,46-,47-,48-/m1/s1. The number of cyclic esters (lactones) is 1. The zero-order chi connectivity index (χ0) is 46.3. The number of carbonyl (C=O) groups excluding carboxylic acids is 1. The number of esters is 1. The van der Waals surface area contributed by atoms with Crippen molar-refractivity contribution < 1.29 is 58.4 Å². The molecule has 4 saturated heterocycles. The van der Waals surface area contributed by atoms with Crippen LogP contribution in [0.5, 0.6) is 0 Å². The Bertz CT molecular complexity index is 1890. The van der Waals surface area contributed by atoms with Crippen molar-refractivity contribution >= 4 is 28.5 Å². The third kappa shape index (κ3) is 10.2. The van der Waals surface area contributed by atoms with Gasteiger partial charge in [0.25, 0.3) is 6.02 Å². The van der Waals surface area contributed by atoms with Gasteiger partial charge in [-0.05, 0) is 92.1 Å². The van der Waals surface area contributed by atoms with Gasteiger partial charge in [-0.2, -0.15) is 4.99 Å². The fourth-order valence-electron chi connectivity index (χ4n) is 10.6. The Balaban J connectivity index is 1.41. The molecule has 15 heteroatoms. The number of nitrogens with zero attached hydrogens (tertiary/aromatic N) is 3. The van der Waals surface area contributed by atoms with Gasteiger partial charge in [0.2, 0.25) is 0 Å². The van der Waals surface area contributed by atoms with Crippen LogP contribution in [0.25, 0.3) is 10.8 Å². The lowest BCUT2D eigenvalue weighted by Gasteiger charge is -2.48. The van der Waals surface area contributed by atoms with Crippen LogP contribution in [-0.2, 0) is 38.0 Å². The van der Waals surface area contributed by atoms with Crippen LogP contribution in [0.4, 0.5) is 5.69 Å². The molecule has 0 aromatic heterocycles. The highest BCUT2D eigenvalue weighted by molar-refractivity contribution is 5.95. The molecular formula is C48H75N3O12. The van der Waals surface area contributed by atoms with Crippen molar-refractivity contribution in [1.29, 1.82) is 0 Å². The number of amidine groups is 1. The molecule has 4 heterocycles. The minimum Gasteiger partial charge on any atom is -0.459 e. The van der Waals surface area contributed by atoms with E-state index in [9.17, 15) is 25.2 Å². The molecule has 4 aliphatic rings. The number of rotatable bonds is 7. The van der Waals surface area contributed by atoms with E-state index < -0.39 is 96.0 Å². The van der Waals surface area contributed by atoms with E-state index in [0.29, 0.717) is 19.0 Å². The summed E-state index contributed by atoms with van der Waals surface area (Å²) < 4.78 is 45.5. The molecule has 0 amide bonds. The van der Waals surface area contributed by atoms with Gasteiger partial charge in [0, 0.05) is 44.5 Å². The summed E-state index contributed by atoms with van der Waals surface area (Å²) in [5.41, 5.74) is -3.64. The number of carbonyl (C=O) groups is 1. The summed E-state index contributed by atoms with van der Waals surface area (Å²) in [6, 6.07) is 13.7. The number of aliphatic hydroxyl groups is 4. The number of aliphatic imine (C=N–C) groups is 1. The number of hydrogen-bond donors (Lipinski definition) is 4. The van der Waals surface area contributed by atoms with Gasteiger partial charge >= 0.3 is 5.97 Å². The first-order valence-corrected chi connectivity index (χ1v) is 22.9. The van der Waals surface area contributed by atoms with Crippen molar-refractivity contribution in [2.45, 2.75) is 185 Å². The average molecular weight is 886 g/mol. The molecule has 18 atom stereocenters. The number of methoxy groups -OCH3 is 1. The van der Waals surface area contributed by atoms with Crippen LogP contribution in [0, 0.1) is 17.8 Å². The zero-order valence-electron chi connectivity index (χ0n) is 39.6. The highest BCUT2D eigenvalue weighted by Crippen LogP contribution is 2.42. The monoisotopic (exact) mass is 886 g/mol. The van der Waals surface area contributed by atoms with Gasteiger partial charge in [-0.15, -0.1) is 0 Å². The molecule has 4 fully saturated rings. The highest BCUT2D eigenvalue weighted by atomic mass is 16.7. The maximum Gasteiger partial charge on any atom is 0.311 e. The Kier molecular flexibility index (Phi) is 15.3. The van der Waals surface area contributed by atoms with E-state index in [4.69, 9.17) is 38.2 Å². The van der Waals surface area contributed by atoms with Crippen LogP contribution in [0.3, 0.4) is 0 Å². The van der Waals surface area contributed by atoms with Gasteiger partial charge in [0.05, 0.1) is 53.3 Å². The van der Waals surface area contributed by atoms with Crippen molar-refractivity contribution in [1.82, 2.24) is 9.80 Å². The van der Waals surface area contributed by atoms with E-state index in [1.54, 1.807) is 34.6 Å².